The van der Waals surface area contributed by atoms with E-state index in [4.69, 9.17) is 21.4 Å². The van der Waals surface area contributed by atoms with Crippen LogP contribution in [0, 0.1) is 0 Å². The summed E-state index contributed by atoms with van der Waals surface area (Å²) in [6.07, 6.45) is 0. The van der Waals surface area contributed by atoms with Crippen molar-refractivity contribution in [3.8, 4) is 11.3 Å². The van der Waals surface area contributed by atoms with Gasteiger partial charge in [-0.25, -0.2) is 4.79 Å². The molecule has 0 spiro atoms. The van der Waals surface area contributed by atoms with Crippen LogP contribution in [0.3, 0.4) is 0 Å². The molecule has 0 aliphatic carbocycles. The van der Waals surface area contributed by atoms with Crippen LogP contribution < -0.4 is 0 Å². The maximum atomic E-state index is 11.0. The molecule has 5 nitrogen and oxygen atoms in total. The summed E-state index contributed by atoms with van der Waals surface area (Å²) >= 11 is 6.22. The number of nitrogens with zero attached hydrogens (tertiary/aromatic N) is 2. The molecule has 6 heteroatoms. The van der Waals surface area contributed by atoms with Gasteiger partial charge >= 0.3 is 5.97 Å². The molecule has 1 aromatic carbocycles. The number of benzene rings is 1. The van der Waals surface area contributed by atoms with Gasteiger partial charge in [-0.2, -0.15) is 5.10 Å². The lowest BCUT2D eigenvalue weighted by Gasteiger charge is -2.10. The zero-order valence-corrected chi connectivity index (χ0v) is 11.3. The molecule has 2 aromatic rings. The van der Waals surface area contributed by atoms with Gasteiger partial charge in [0.2, 0.25) is 0 Å². The smallest absolute Gasteiger partial charge is 0.356 e. The Bertz CT molecular complexity index is 622. The van der Waals surface area contributed by atoms with E-state index < -0.39 is 5.97 Å². The molecule has 1 N–H and O–H groups in total. The molecule has 1 aromatic heterocycles. The molecule has 0 atom stereocenters. The first-order chi connectivity index (χ1) is 9.04. The molecule has 1 heterocycles. The number of ether oxygens (including phenoxy) is 1. The number of hydrogen-bond acceptors (Lipinski definition) is 3. The van der Waals surface area contributed by atoms with Gasteiger partial charge in [-0.15, -0.1) is 0 Å². The van der Waals surface area contributed by atoms with E-state index in [9.17, 15) is 4.79 Å². The number of aromatic nitrogens is 2. The predicted molar refractivity (Wildman–Crippen MR) is 71.3 cm³/mol. The topological polar surface area (TPSA) is 64.3 Å². The molecule has 0 amide bonds. The number of aryl methyl sites for hydroxylation is 1. The maximum absolute atomic E-state index is 11.0. The first-order valence-corrected chi connectivity index (χ1v) is 5.96. The Hall–Kier alpha value is -1.85. The third-order valence-corrected chi connectivity index (χ3v) is 3.07. The number of carboxylic acid groups (broad SMARTS) is 1. The van der Waals surface area contributed by atoms with Crippen LogP contribution in [-0.2, 0) is 18.4 Å². The Balaban J connectivity index is 2.61. The summed E-state index contributed by atoms with van der Waals surface area (Å²) < 4.78 is 6.64. The summed E-state index contributed by atoms with van der Waals surface area (Å²) in [7, 11) is 3.28. The van der Waals surface area contributed by atoms with Crippen LogP contribution in [-0.4, -0.2) is 28.0 Å². The van der Waals surface area contributed by atoms with E-state index in [2.05, 4.69) is 5.10 Å². The van der Waals surface area contributed by atoms with E-state index in [1.54, 1.807) is 20.2 Å². The van der Waals surface area contributed by atoms with Crippen LogP contribution in [0.2, 0.25) is 5.02 Å². The van der Waals surface area contributed by atoms with E-state index in [0.29, 0.717) is 17.3 Å². The highest BCUT2D eigenvalue weighted by Crippen LogP contribution is 2.32. The molecule has 0 fully saturated rings. The predicted octanol–water partition coefficient (Wildman–Crippen LogP) is 2.59. The molecular weight excluding hydrogens is 268 g/mol. The number of carbonyl (C=O) groups is 1. The SMILES string of the molecule is COCc1cccc(Cl)c1-c1cc(C(=O)O)nn1C. The molecule has 0 aliphatic rings. The summed E-state index contributed by atoms with van der Waals surface area (Å²) in [4.78, 5) is 11.0. The molecule has 100 valence electrons. The van der Waals surface area contributed by atoms with Gasteiger partial charge in [-0.3, -0.25) is 4.68 Å². The number of carboxylic acids is 1. The Morgan fingerprint density at radius 3 is 2.84 bits per heavy atom. The zero-order chi connectivity index (χ0) is 14.0. The van der Waals surface area contributed by atoms with E-state index in [-0.39, 0.29) is 5.69 Å². The number of methoxy groups -OCH3 is 1. The van der Waals surface area contributed by atoms with Crippen LogP contribution in [0.4, 0.5) is 0 Å². The van der Waals surface area contributed by atoms with Crippen molar-refractivity contribution in [1.29, 1.82) is 0 Å². The van der Waals surface area contributed by atoms with Crippen LogP contribution in [0.5, 0.6) is 0 Å². The Labute approximate surface area is 115 Å². The van der Waals surface area contributed by atoms with Gasteiger partial charge < -0.3 is 9.84 Å². The summed E-state index contributed by atoms with van der Waals surface area (Å²) in [5.41, 5.74) is 2.26. The molecule has 0 unspecified atom stereocenters. The molecule has 0 saturated heterocycles. The Morgan fingerprint density at radius 2 is 2.26 bits per heavy atom. The van der Waals surface area contributed by atoms with Gasteiger partial charge in [-0.1, -0.05) is 23.7 Å². The fourth-order valence-corrected chi connectivity index (χ4v) is 2.23. The molecule has 0 saturated carbocycles. The largest absolute Gasteiger partial charge is 0.476 e. The number of halogens is 1. The van der Waals surface area contributed by atoms with Crippen molar-refractivity contribution >= 4 is 17.6 Å². The van der Waals surface area contributed by atoms with Crippen LogP contribution in [0.15, 0.2) is 24.3 Å². The second-order valence-corrected chi connectivity index (χ2v) is 4.46. The molecular formula is C13H13ClN2O3. The normalized spacial score (nSPS) is 10.7. The van der Waals surface area contributed by atoms with Crippen LogP contribution >= 0.6 is 11.6 Å². The minimum Gasteiger partial charge on any atom is -0.476 e. The average Bonchev–Trinajstić information content (AvgIpc) is 2.72. The molecule has 0 aliphatic heterocycles. The van der Waals surface area contributed by atoms with Gasteiger partial charge in [0.1, 0.15) is 0 Å². The van der Waals surface area contributed by atoms with Crippen molar-refractivity contribution < 1.29 is 14.6 Å². The zero-order valence-electron chi connectivity index (χ0n) is 10.6. The molecule has 2 rings (SSSR count). The molecule has 19 heavy (non-hydrogen) atoms. The number of rotatable bonds is 4. The van der Waals surface area contributed by atoms with Crippen molar-refractivity contribution in [1.82, 2.24) is 9.78 Å². The van der Waals surface area contributed by atoms with E-state index in [1.165, 1.54) is 10.7 Å². The second kappa shape index (κ2) is 5.42. The van der Waals surface area contributed by atoms with Crippen molar-refractivity contribution in [2.45, 2.75) is 6.61 Å². The summed E-state index contributed by atoms with van der Waals surface area (Å²) in [5, 5.41) is 13.5. The maximum Gasteiger partial charge on any atom is 0.356 e. The standard InChI is InChI=1S/C13H13ClN2O3/c1-16-11(6-10(15-16)13(17)18)12-8(7-19-2)4-3-5-9(12)14/h3-6H,7H2,1-2H3,(H,17,18). The molecule has 0 radical (unpaired) electrons. The minimum absolute atomic E-state index is 0.0132. The highest BCUT2D eigenvalue weighted by molar-refractivity contribution is 6.33. The highest BCUT2D eigenvalue weighted by Gasteiger charge is 2.17. The van der Waals surface area contributed by atoms with E-state index in [1.807, 2.05) is 12.1 Å². The Morgan fingerprint density at radius 1 is 1.53 bits per heavy atom. The number of aromatic carboxylic acids is 1. The van der Waals surface area contributed by atoms with E-state index >= 15 is 0 Å². The second-order valence-electron chi connectivity index (χ2n) is 4.05. The van der Waals surface area contributed by atoms with Crippen molar-refractivity contribution in [3.63, 3.8) is 0 Å². The van der Waals surface area contributed by atoms with Gasteiger partial charge in [0.15, 0.2) is 5.69 Å². The van der Waals surface area contributed by atoms with Crippen molar-refractivity contribution in [2.24, 2.45) is 7.05 Å². The summed E-state index contributed by atoms with van der Waals surface area (Å²) in [6.45, 7) is 0.392. The Kier molecular flexibility index (Phi) is 3.87. The van der Waals surface area contributed by atoms with Gasteiger partial charge in [0, 0.05) is 19.7 Å². The van der Waals surface area contributed by atoms with Gasteiger partial charge in [0.05, 0.1) is 17.3 Å². The molecule has 0 bridgehead atoms. The quantitative estimate of drug-likeness (QED) is 0.935. The van der Waals surface area contributed by atoms with Crippen LogP contribution in [0.25, 0.3) is 11.3 Å². The van der Waals surface area contributed by atoms with Gasteiger partial charge in [0.25, 0.3) is 0 Å². The van der Waals surface area contributed by atoms with Crippen molar-refractivity contribution in [3.05, 3.63) is 40.5 Å². The first kappa shape index (κ1) is 13.6. The van der Waals surface area contributed by atoms with E-state index in [0.717, 1.165) is 11.1 Å². The lowest BCUT2D eigenvalue weighted by Crippen LogP contribution is -2.00. The fraction of sp³-hybridized carbons (Fsp3) is 0.231. The fourth-order valence-electron chi connectivity index (χ4n) is 1.94. The highest BCUT2D eigenvalue weighted by atomic mass is 35.5. The van der Waals surface area contributed by atoms with Crippen molar-refractivity contribution in [2.75, 3.05) is 7.11 Å². The lowest BCUT2D eigenvalue weighted by atomic mass is 10.0. The number of hydrogen-bond donors (Lipinski definition) is 1. The third kappa shape index (κ3) is 2.62. The minimum atomic E-state index is -1.07. The first-order valence-electron chi connectivity index (χ1n) is 5.58. The average molecular weight is 281 g/mol. The third-order valence-electron chi connectivity index (χ3n) is 2.75. The van der Waals surface area contributed by atoms with Crippen LogP contribution in [0.1, 0.15) is 16.1 Å². The van der Waals surface area contributed by atoms with Gasteiger partial charge in [-0.05, 0) is 17.7 Å². The summed E-state index contributed by atoms with van der Waals surface area (Å²) in [6, 6.07) is 6.97. The summed E-state index contributed by atoms with van der Waals surface area (Å²) in [5.74, 6) is -1.07. The lowest BCUT2D eigenvalue weighted by molar-refractivity contribution is 0.0689. The monoisotopic (exact) mass is 280 g/mol.